The van der Waals surface area contributed by atoms with Crippen molar-refractivity contribution in [3.8, 4) is 0 Å². The van der Waals surface area contributed by atoms with Crippen molar-refractivity contribution in [1.82, 2.24) is 9.97 Å². The number of nitrogens with one attached hydrogen (secondary N) is 1. The van der Waals surface area contributed by atoms with Crippen molar-refractivity contribution < 1.29 is 8.78 Å². The van der Waals surface area contributed by atoms with Crippen LogP contribution in [0.15, 0.2) is 6.20 Å². The monoisotopic (exact) mass is 187 g/mol. The quantitative estimate of drug-likeness (QED) is 0.736. The van der Waals surface area contributed by atoms with Crippen LogP contribution >= 0.6 is 0 Å². The van der Waals surface area contributed by atoms with Gasteiger partial charge in [0.05, 0.1) is 11.7 Å². The zero-order valence-electron chi connectivity index (χ0n) is 7.27. The highest BCUT2D eigenvalue weighted by atomic mass is 19.3. The lowest BCUT2D eigenvalue weighted by atomic mass is 10.3. The molecular weight excluding hydrogens is 176 g/mol. The molecule has 1 aromatic rings. The highest BCUT2D eigenvalue weighted by molar-refractivity contribution is 5.18. The molecule has 3 N–H and O–H groups in total. The Hall–Kier alpha value is -0.970. The van der Waals surface area contributed by atoms with Crippen molar-refractivity contribution >= 4 is 0 Å². The lowest BCUT2D eigenvalue weighted by Gasteiger charge is -2.07. The summed E-state index contributed by atoms with van der Waals surface area (Å²) in [5.74, 6) is -2.39. The Balaban J connectivity index is 2.29. The smallest absolute Gasteiger partial charge is 0.286 e. The maximum atomic E-state index is 12.8. The summed E-state index contributed by atoms with van der Waals surface area (Å²) in [7, 11) is 0. The highest BCUT2D eigenvalue weighted by Crippen LogP contribution is 2.41. The van der Waals surface area contributed by atoms with E-state index in [9.17, 15) is 8.78 Å². The SMILES string of the molecule is CC(F)(F)c1cnc(C2(N)CC2)[nH]1. The molecule has 72 valence electrons. The van der Waals surface area contributed by atoms with Crippen molar-refractivity contribution in [3.05, 3.63) is 17.7 Å². The first-order chi connectivity index (χ1) is 5.92. The van der Waals surface area contributed by atoms with Crippen molar-refractivity contribution in [3.63, 3.8) is 0 Å². The van der Waals surface area contributed by atoms with Gasteiger partial charge >= 0.3 is 0 Å². The van der Waals surface area contributed by atoms with Gasteiger partial charge in [0, 0.05) is 6.92 Å². The van der Waals surface area contributed by atoms with E-state index >= 15 is 0 Å². The Labute approximate surface area is 74.4 Å². The van der Waals surface area contributed by atoms with E-state index in [1.54, 1.807) is 0 Å². The minimum Gasteiger partial charge on any atom is -0.339 e. The molecule has 0 unspecified atom stereocenters. The summed E-state index contributed by atoms with van der Waals surface area (Å²) in [6, 6.07) is 0. The van der Waals surface area contributed by atoms with Gasteiger partial charge in [0.2, 0.25) is 0 Å². The largest absolute Gasteiger partial charge is 0.339 e. The third-order valence-electron chi connectivity index (χ3n) is 2.31. The molecule has 3 nitrogen and oxygen atoms in total. The Morgan fingerprint density at radius 2 is 2.23 bits per heavy atom. The number of H-pyrrole nitrogens is 1. The van der Waals surface area contributed by atoms with Crippen LogP contribution in [0.1, 0.15) is 31.3 Å². The molecule has 0 saturated heterocycles. The fraction of sp³-hybridized carbons (Fsp3) is 0.625. The minimum atomic E-state index is -2.86. The number of imidazole rings is 1. The molecule has 0 spiro atoms. The zero-order chi connectivity index (χ0) is 9.69. The Bertz CT molecular complexity index is 303. The van der Waals surface area contributed by atoms with Crippen LogP contribution in [0.4, 0.5) is 8.78 Å². The summed E-state index contributed by atoms with van der Waals surface area (Å²) in [4.78, 5) is 6.43. The zero-order valence-corrected chi connectivity index (χ0v) is 7.27. The number of hydrogen-bond donors (Lipinski definition) is 2. The molecule has 1 saturated carbocycles. The van der Waals surface area contributed by atoms with Crippen LogP contribution < -0.4 is 5.73 Å². The summed E-state index contributed by atoms with van der Waals surface area (Å²) in [5.41, 5.74) is 5.15. The highest BCUT2D eigenvalue weighted by Gasteiger charge is 2.43. The maximum absolute atomic E-state index is 12.8. The number of aromatic amines is 1. The molecule has 0 radical (unpaired) electrons. The number of rotatable bonds is 2. The fourth-order valence-corrected chi connectivity index (χ4v) is 1.17. The Morgan fingerprint density at radius 3 is 2.62 bits per heavy atom. The van der Waals surface area contributed by atoms with E-state index in [1.165, 1.54) is 0 Å². The topological polar surface area (TPSA) is 54.7 Å². The summed E-state index contributed by atoms with van der Waals surface area (Å²) in [6.45, 7) is 0.834. The number of alkyl halides is 2. The van der Waals surface area contributed by atoms with Gasteiger partial charge in [-0.1, -0.05) is 0 Å². The summed E-state index contributed by atoms with van der Waals surface area (Å²) >= 11 is 0. The van der Waals surface area contributed by atoms with Crippen LogP contribution in [0, 0.1) is 0 Å². The van der Waals surface area contributed by atoms with Crippen LogP contribution in [-0.2, 0) is 11.5 Å². The number of nitrogens with two attached hydrogens (primary N) is 1. The normalized spacial score (nSPS) is 20.3. The third-order valence-corrected chi connectivity index (χ3v) is 2.31. The molecule has 0 amide bonds. The van der Waals surface area contributed by atoms with Crippen LogP contribution in [0.2, 0.25) is 0 Å². The molecule has 0 aromatic carbocycles. The Kier molecular flexibility index (Phi) is 1.52. The number of hydrogen-bond acceptors (Lipinski definition) is 2. The van der Waals surface area contributed by atoms with Crippen LogP contribution in [0.25, 0.3) is 0 Å². The average Bonchev–Trinajstić information content (AvgIpc) is 2.60. The van der Waals surface area contributed by atoms with Gasteiger partial charge in [-0.05, 0) is 12.8 Å². The van der Waals surface area contributed by atoms with Crippen LogP contribution in [-0.4, -0.2) is 9.97 Å². The lowest BCUT2D eigenvalue weighted by molar-refractivity contribution is 0.0130. The first kappa shape index (κ1) is 8.62. The minimum absolute atomic E-state index is 0.167. The van der Waals surface area contributed by atoms with Gasteiger partial charge in [0.15, 0.2) is 0 Å². The average molecular weight is 187 g/mol. The van der Waals surface area contributed by atoms with Crippen molar-refractivity contribution in [2.24, 2.45) is 5.73 Å². The van der Waals surface area contributed by atoms with Gasteiger partial charge < -0.3 is 10.7 Å². The maximum Gasteiger partial charge on any atom is 0.286 e. The van der Waals surface area contributed by atoms with Crippen molar-refractivity contribution in [2.45, 2.75) is 31.2 Å². The van der Waals surface area contributed by atoms with E-state index in [0.717, 1.165) is 26.0 Å². The van der Waals surface area contributed by atoms with Gasteiger partial charge in [-0.2, -0.15) is 8.78 Å². The summed E-state index contributed by atoms with van der Waals surface area (Å²) in [6.07, 6.45) is 2.78. The second kappa shape index (κ2) is 2.29. The number of aromatic nitrogens is 2. The molecule has 2 rings (SSSR count). The standard InChI is InChI=1S/C8H11F2N3/c1-7(9,10)5-4-12-6(13-5)8(11)2-3-8/h4H,2-3,11H2,1H3,(H,12,13). The van der Waals surface area contributed by atoms with E-state index in [4.69, 9.17) is 5.73 Å². The van der Waals surface area contributed by atoms with E-state index < -0.39 is 11.5 Å². The first-order valence-corrected chi connectivity index (χ1v) is 4.14. The lowest BCUT2D eigenvalue weighted by Crippen LogP contribution is -2.20. The molecule has 0 aliphatic heterocycles. The first-order valence-electron chi connectivity index (χ1n) is 4.14. The molecule has 13 heavy (non-hydrogen) atoms. The molecule has 0 bridgehead atoms. The van der Waals surface area contributed by atoms with Gasteiger partial charge in [-0.3, -0.25) is 0 Å². The van der Waals surface area contributed by atoms with E-state index in [1.807, 2.05) is 0 Å². The van der Waals surface area contributed by atoms with Gasteiger partial charge in [-0.15, -0.1) is 0 Å². The van der Waals surface area contributed by atoms with Crippen LogP contribution in [0.5, 0.6) is 0 Å². The molecule has 1 fully saturated rings. The van der Waals surface area contributed by atoms with Gasteiger partial charge in [0.25, 0.3) is 5.92 Å². The summed E-state index contributed by atoms with van der Waals surface area (Å²) < 4.78 is 25.5. The molecule has 0 atom stereocenters. The fourth-order valence-electron chi connectivity index (χ4n) is 1.17. The second-order valence-corrected chi connectivity index (χ2v) is 3.69. The molecule has 5 heteroatoms. The van der Waals surface area contributed by atoms with Gasteiger partial charge in [0.1, 0.15) is 11.5 Å². The summed E-state index contributed by atoms with van der Waals surface area (Å²) in [5, 5.41) is 0. The molecule has 1 aromatic heterocycles. The van der Waals surface area contributed by atoms with E-state index in [-0.39, 0.29) is 5.69 Å². The Morgan fingerprint density at radius 1 is 1.62 bits per heavy atom. The number of nitrogens with zero attached hydrogens (tertiary/aromatic N) is 1. The predicted molar refractivity (Wildman–Crippen MR) is 43.3 cm³/mol. The van der Waals surface area contributed by atoms with E-state index in [2.05, 4.69) is 9.97 Å². The third kappa shape index (κ3) is 1.44. The van der Waals surface area contributed by atoms with Crippen molar-refractivity contribution in [1.29, 1.82) is 0 Å². The molecular formula is C8H11F2N3. The number of halogens is 2. The van der Waals surface area contributed by atoms with Crippen molar-refractivity contribution in [2.75, 3.05) is 0 Å². The predicted octanol–water partition coefficient (Wildman–Crippen LogP) is 1.47. The van der Waals surface area contributed by atoms with E-state index in [0.29, 0.717) is 5.82 Å². The molecule has 1 aliphatic carbocycles. The molecule has 1 heterocycles. The van der Waals surface area contributed by atoms with Crippen LogP contribution in [0.3, 0.4) is 0 Å². The van der Waals surface area contributed by atoms with Gasteiger partial charge in [-0.25, -0.2) is 4.98 Å². The second-order valence-electron chi connectivity index (χ2n) is 3.69. The molecule has 1 aliphatic rings.